The first-order chi connectivity index (χ1) is 11.7. The fraction of sp³-hybridized carbons (Fsp3) is 0.833. The van der Waals surface area contributed by atoms with E-state index < -0.39 is 5.60 Å². The van der Waals surface area contributed by atoms with Crippen molar-refractivity contribution in [3.05, 3.63) is 0 Å². The molecule has 25 heavy (non-hydrogen) atoms. The first-order valence-electron chi connectivity index (χ1n) is 9.10. The van der Waals surface area contributed by atoms with E-state index in [0.717, 1.165) is 38.8 Å². The predicted molar refractivity (Wildman–Crippen MR) is 102 cm³/mol. The molecule has 1 amide bonds. The van der Waals surface area contributed by atoms with Gasteiger partial charge >= 0.3 is 5.97 Å². The highest BCUT2D eigenvalue weighted by atomic mass is 16.6. The van der Waals surface area contributed by atoms with E-state index in [1.165, 1.54) is 4.90 Å². The van der Waals surface area contributed by atoms with Gasteiger partial charge in [-0.05, 0) is 40.5 Å². The lowest BCUT2D eigenvalue weighted by atomic mass is 10.1. The van der Waals surface area contributed by atoms with Gasteiger partial charge < -0.3 is 20.3 Å². The number of nitrogens with zero attached hydrogens (tertiary/aromatic N) is 2. The van der Waals surface area contributed by atoms with Gasteiger partial charge in [-0.2, -0.15) is 0 Å². The number of likely N-dealkylation sites (N-methyl/N-ethyl adjacent to an activating group) is 1. The van der Waals surface area contributed by atoms with Crippen LogP contribution in [0, 0.1) is 0 Å². The number of ether oxygens (including phenoxy) is 1. The topological polar surface area (TPSA) is 83.0 Å². The summed E-state index contributed by atoms with van der Waals surface area (Å²) in [4.78, 5) is 29.0. The van der Waals surface area contributed by atoms with Gasteiger partial charge in [0.25, 0.3) is 0 Å². The second kappa shape index (κ2) is 12.6. The Kier molecular flexibility index (Phi) is 11.7. The largest absolute Gasteiger partial charge is 0.460 e. The van der Waals surface area contributed by atoms with Crippen molar-refractivity contribution in [2.45, 2.75) is 65.4 Å². The van der Waals surface area contributed by atoms with Crippen molar-refractivity contribution in [1.82, 2.24) is 15.5 Å². The predicted octanol–water partition coefficient (Wildman–Crippen LogP) is 1.92. The van der Waals surface area contributed by atoms with Crippen molar-refractivity contribution in [1.29, 1.82) is 0 Å². The fourth-order valence-electron chi connectivity index (χ4n) is 1.98. The Bertz CT molecular complexity index is 429. The number of carbonyl (C=O) groups is 2. The van der Waals surface area contributed by atoms with Gasteiger partial charge in [0.15, 0.2) is 5.96 Å². The summed E-state index contributed by atoms with van der Waals surface area (Å²) in [5, 5.41) is 6.34. The van der Waals surface area contributed by atoms with Gasteiger partial charge in [0.2, 0.25) is 5.91 Å². The van der Waals surface area contributed by atoms with Crippen LogP contribution in [0.5, 0.6) is 0 Å². The van der Waals surface area contributed by atoms with E-state index in [4.69, 9.17) is 4.74 Å². The van der Waals surface area contributed by atoms with Crippen LogP contribution >= 0.6 is 0 Å². The summed E-state index contributed by atoms with van der Waals surface area (Å²) in [6, 6.07) is 0. The number of hydrogen-bond donors (Lipinski definition) is 2. The second-order valence-electron chi connectivity index (χ2n) is 7.16. The maximum Gasteiger partial charge on any atom is 0.306 e. The van der Waals surface area contributed by atoms with Crippen molar-refractivity contribution in [2.24, 2.45) is 4.99 Å². The molecule has 0 aromatic heterocycles. The number of guanidine groups is 1. The molecule has 2 N–H and O–H groups in total. The maximum atomic E-state index is 11.6. The molecule has 0 spiro atoms. The molecule has 0 unspecified atom stereocenters. The van der Waals surface area contributed by atoms with Gasteiger partial charge in [0, 0.05) is 33.6 Å². The molecule has 146 valence electrons. The van der Waals surface area contributed by atoms with Crippen LogP contribution in [0.1, 0.15) is 59.8 Å². The number of hydrogen-bond acceptors (Lipinski definition) is 4. The van der Waals surface area contributed by atoms with E-state index in [1.54, 1.807) is 14.1 Å². The number of carbonyl (C=O) groups excluding carboxylic acids is 2. The van der Waals surface area contributed by atoms with Crippen LogP contribution in [0.4, 0.5) is 0 Å². The molecule has 7 heteroatoms. The van der Waals surface area contributed by atoms with Gasteiger partial charge in [-0.15, -0.1) is 0 Å². The molecule has 0 radical (unpaired) electrons. The first kappa shape index (κ1) is 23.2. The minimum atomic E-state index is -0.406. The number of nitrogens with one attached hydrogen (secondary N) is 2. The number of aliphatic imine (C=N–C) groups is 1. The average molecular weight is 357 g/mol. The standard InChI is InChI=1S/C18H36N4O3/c1-7-19-17(21-14-15(23)22(5)6)20-13-11-9-8-10-12-16(24)25-18(2,3)4/h7-14H2,1-6H3,(H2,19,20,21). The van der Waals surface area contributed by atoms with Crippen LogP contribution in [0.2, 0.25) is 0 Å². The Morgan fingerprint density at radius 2 is 1.68 bits per heavy atom. The molecule has 0 heterocycles. The van der Waals surface area contributed by atoms with Crippen LogP contribution in [-0.4, -0.2) is 62.1 Å². The third-order valence-electron chi connectivity index (χ3n) is 3.24. The van der Waals surface area contributed by atoms with Crippen LogP contribution in [0.25, 0.3) is 0 Å². The summed E-state index contributed by atoms with van der Waals surface area (Å²) in [5.74, 6) is 0.503. The van der Waals surface area contributed by atoms with Crippen LogP contribution in [-0.2, 0) is 14.3 Å². The molecule has 0 fully saturated rings. The summed E-state index contributed by atoms with van der Waals surface area (Å²) < 4.78 is 5.28. The average Bonchev–Trinajstić information content (AvgIpc) is 2.49. The van der Waals surface area contributed by atoms with E-state index in [2.05, 4.69) is 15.6 Å². The Morgan fingerprint density at radius 3 is 2.24 bits per heavy atom. The maximum absolute atomic E-state index is 11.6. The van der Waals surface area contributed by atoms with Crippen LogP contribution < -0.4 is 10.6 Å². The molecule has 0 bridgehead atoms. The third-order valence-corrected chi connectivity index (χ3v) is 3.24. The minimum Gasteiger partial charge on any atom is -0.460 e. The second-order valence-corrected chi connectivity index (χ2v) is 7.16. The van der Waals surface area contributed by atoms with Crippen molar-refractivity contribution in [3.8, 4) is 0 Å². The van der Waals surface area contributed by atoms with Gasteiger partial charge in [0.05, 0.1) is 0 Å². The molecule has 0 atom stereocenters. The Balaban J connectivity index is 3.87. The van der Waals surface area contributed by atoms with E-state index in [-0.39, 0.29) is 18.4 Å². The number of esters is 1. The van der Waals surface area contributed by atoms with Crippen molar-refractivity contribution < 1.29 is 14.3 Å². The van der Waals surface area contributed by atoms with E-state index in [9.17, 15) is 9.59 Å². The van der Waals surface area contributed by atoms with Gasteiger partial charge in [-0.25, -0.2) is 4.99 Å². The lowest BCUT2D eigenvalue weighted by Gasteiger charge is -2.19. The normalized spacial score (nSPS) is 11.8. The highest BCUT2D eigenvalue weighted by molar-refractivity contribution is 5.84. The highest BCUT2D eigenvalue weighted by Crippen LogP contribution is 2.10. The smallest absolute Gasteiger partial charge is 0.306 e. The molecule has 0 aliphatic heterocycles. The molecule has 7 nitrogen and oxygen atoms in total. The molecule has 0 aliphatic rings. The van der Waals surface area contributed by atoms with Gasteiger partial charge in [0.1, 0.15) is 12.1 Å². The summed E-state index contributed by atoms with van der Waals surface area (Å²) in [6.07, 6.45) is 4.34. The number of rotatable bonds is 10. The third kappa shape index (κ3) is 14.3. The molecular formula is C18H36N4O3. The SMILES string of the molecule is CCNC(=NCC(=O)N(C)C)NCCCCCCC(=O)OC(C)(C)C. The molecule has 0 saturated heterocycles. The van der Waals surface area contributed by atoms with Gasteiger partial charge in [-0.3, -0.25) is 9.59 Å². The minimum absolute atomic E-state index is 0.0284. The Hall–Kier alpha value is -1.79. The summed E-state index contributed by atoms with van der Waals surface area (Å²) in [5.41, 5.74) is -0.406. The summed E-state index contributed by atoms with van der Waals surface area (Å²) >= 11 is 0. The molecule has 0 aromatic rings. The summed E-state index contributed by atoms with van der Waals surface area (Å²) in [7, 11) is 3.44. The first-order valence-corrected chi connectivity index (χ1v) is 9.10. The summed E-state index contributed by atoms with van der Waals surface area (Å²) in [6.45, 7) is 9.30. The molecule has 0 aliphatic carbocycles. The highest BCUT2D eigenvalue weighted by Gasteiger charge is 2.15. The zero-order valence-electron chi connectivity index (χ0n) is 16.8. The zero-order valence-corrected chi connectivity index (χ0v) is 16.8. The van der Waals surface area contributed by atoms with Crippen molar-refractivity contribution >= 4 is 17.8 Å². The van der Waals surface area contributed by atoms with E-state index >= 15 is 0 Å². The van der Waals surface area contributed by atoms with Crippen LogP contribution in [0.15, 0.2) is 4.99 Å². The number of amides is 1. The molecule has 0 rings (SSSR count). The van der Waals surface area contributed by atoms with Crippen LogP contribution in [0.3, 0.4) is 0 Å². The van der Waals surface area contributed by atoms with E-state index in [0.29, 0.717) is 12.4 Å². The lowest BCUT2D eigenvalue weighted by Crippen LogP contribution is -2.38. The monoisotopic (exact) mass is 356 g/mol. The zero-order chi connectivity index (χ0) is 19.3. The lowest BCUT2D eigenvalue weighted by molar-refractivity contribution is -0.154. The fourth-order valence-corrected chi connectivity index (χ4v) is 1.98. The Labute approximate surface area is 152 Å². The van der Waals surface area contributed by atoms with Crippen molar-refractivity contribution in [3.63, 3.8) is 0 Å². The molecule has 0 saturated carbocycles. The van der Waals surface area contributed by atoms with Gasteiger partial charge in [-0.1, -0.05) is 12.8 Å². The van der Waals surface area contributed by atoms with Crippen molar-refractivity contribution in [2.75, 3.05) is 33.7 Å². The molecular weight excluding hydrogens is 320 g/mol. The number of unbranched alkanes of at least 4 members (excludes halogenated alkanes) is 3. The quantitative estimate of drug-likeness (QED) is 0.270. The molecule has 0 aromatic carbocycles. The van der Waals surface area contributed by atoms with E-state index in [1.807, 2.05) is 27.7 Å². The Morgan fingerprint density at radius 1 is 1.04 bits per heavy atom.